The number of hydrogen-bond donors (Lipinski definition) is 0. The van der Waals surface area contributed by atoms with Crippen molar-refractivity contribution in [1.82, 2.24) is 34.3 Å². The van der Waals surface area contributed by atoms with Crippen LogP contribution in [0.25, 0.3) is 16.9 Å². The third-order valence-corrected chi connectivity index (χ3v) is 5.81. The summed E-state index contributed by atoms with van der Waals surface area (Å²) in [6.07, 6.45) is 3.49. The molecule has 0 N–H and O–H groups in total. The van der Waals surface area contributed by atoms with E-state index >= 15 is 0 Å². The van der Waals surface area contributed by atoms with Gasteiger partial charge in [0.1, 0.15) is 5.82 Å². The lowest BCUT2D eigenvalue weighted by atomic mass is 10.2. The Morgan fingerprint density at radius 1 is 0.938 bits per heavy atom. The van der Waals surface area contributed by atoms with E-state index in [9.17, 15) is 4.79 Å². The highest BCUT2D eigenvalue weighted by atomic mass is 16.1. The third-order valence-electron chi connectivity index (χ3n) is 5.81. The molecule has 0 aromatic carbocycles. The van der Waals surface area contributed by atoms with Gasteiger partial charge in [-0.25, -0.2) is 9.67 Å². The van der Waals surface area contributed by atoms with Crippen LogP contribution in [0.5, 0.6) is 0 Å². The maximum Gasteiger partial charge on any atom is 0.266 e. The molecule has 5 rings (SSSR count). The van der Waals surface area contributed by atoms with Crippen LogP contribution in [0.3, 0.4) is 0 Å². The molecule has 0 aliphatic carbocycles. The van der Waals surface area contributed by atoms with Gasteiger partial charge in [-0.1, -0.05) is 0 Å². The summed E-state index contributed by atoms with van der Waals surface area (Å²) in [6.45, 7) is 8.98. The number of pyridine rings is 1. The summed E-state index contributed by atoms with van der Waals surface area (Å²) >= 11 is 0. The molecule has 0 saturated carbocycles. The first-order chi connectivity index (χ1) is 15.6. The van der Waals surface area contributed by atoms with Gasteiger partial charge in [-0.3, -0.25) is 14.7 Å². The molecule has 0 spiro atoms. The standard InChI is InChI=1S/C23H26N8O/c1-17-15-22(31-21(25-17)14-18(2)26-31)29-11-8-28(9-12-29)10-13-30-23(32)6-5-20(27-30)19-4-3-7-24-16-19/h3-7,14-16H,8-13H2,1-2H3. The normalized spacial score (nSPS) is 14.9. The summed E-state index contributed by atoms with van der Waals surface area (Å²) in [7, 11) is 0. The Bertz CT molecular complexity index is 1290. The number of aromatic nitrogens is 6. The first-order valence-corrected chi connectivity index (χ1v) is 10.9. The lowest BCUT2D eigenvalue weighted by Crippen LogP contribution is -2.48. The first-order valence-electron chi connectivity index (χ1n) is 10.9. The number of piperazine rings is 1. The summed E-state index contributed by atoms with van der Waals surface area (Å²) in [5.74, 6) is 1.09. The van der Waals surface area contributed by atoms with Crippen molar-refractivity contribution in [2.45, 2.75) is 20.4 Å². The van der Waals surface area contributed by atoms with Crippen molar-refractivity contribution in [2.24, 2.45) is 0 Å². The van der Waals surface area contributed by atoms with Crippen LogP contribution in [0.15, 0.2) is 53.6 Å². The van der Waals surface area contributed by atoms with Gasteiger partial charge in [0.25, 0.3) is 5.56 Å². The van der Waals surface area contributed by atoms with Crippen LogP contribution in [0.2, 0.25) is 0 Å². The molecule has 32 heavy (non-hydrogen) atoms. The van der Waals surface area contributed by atoms with Crippen LogP contribution in [-0.4, -0.2) is 67.0 Å². The Hall–Kier alpha value is -3.59. The van der Waals surface area contributed by atoms with Gasteiger partial charge in [0.2, 0.25) is 0 Å². The Morgan fingerprint density at radius 2 is 1.78 bits per heavy atom. The summed E-state index contributed by atoms with van der Waals surface area (Å²) in [5.41, 5.74) is 4.43. The second-order valence-corrected chi connectivity index (χ2v) is 8.16. The van der Waals surface area contributed by atoms with E-state index in [4.69, 9.17) is 0 Å². The number of hydrogen-bond acceptors (Lipinski definition) is 7. The molecule has 5 heterocycles. The SMILES string of the molecule is Cc1cc(N2CCN(CCn3nc(-c4cccnc4)ccc3=O)CC2)n2nc(C)cc2n1. The molecule has 1 aliphatic rings. The topological polar surface area (TPSA) is 84.5 Å². The third kappa shape index (κ3) is 4.11. The molecule has 1 aliphatic heterocycles. The predicted molar refractivity (Wildman–Crippen MR) is 123 cm³/mol. The summed E-state index contributed by atoms with van der Waals surface area (Å²) in [5, 5.41) is 9.16. The maximum absolute atomic E-state index is 12.3. The number of fused-ring (bicyclic) bond motifs is 1. The zero-order chi connectivity index (χ0) is 22.1. The van der Waals surface area contributed by atoms with Gasteiger partial charge in [0, 0.05) is 74.6 Å². The maximum atomic E-state index is 12.3. The smallest absolute Gasteiger partial charge is 0.266 e. The molecular weight excluding hydrogens is 404 g/mol. The van der Waals surface area contributed by atoms with Crippen molar-refractivity contribution in [3.05, 3.63) is 70.5 Å². The van der Waals surface area contributed by atoms with E-state index in [2.05, 4.69) is 36.0 Å². The molecule has 164 valence electrons. The lowest BCUT2D eigenvalue weighted by Gasteiger charge is -2.36. The largest absolute Gasteiger partial charge is 0.354 e. The molecule has 9 heteroatoms. The predicted octanol–water partition coefficient (Wildman–Crippen LogP) is 1.79. The van der Waals surface area contributed by atoms with Gasteiger partial charge in [0.05, 0.1) is 17.9 Å². The van der Waals surface area contributed by atoms with E-state index in [0.717, 1.165) is 66.8 Å². The van der Waals surface area contributed by atoms with Crippen LogP contribution in [0.1, 0.15) is 11.4 Å². The number of aryl methyl sites for hydroxylation is 2. The highest BCUT2D eigenvalue weighted by molar-refractivity contribution is 5.56. The molecule has 1 fully saturated rings. The van der Waals surface area contributed by atoms with Gasteiger partial charge in [-0.05, 0) is 32.0 Å². The second kappa shape index (κ2) is 8.51. The van der Waals surface area contributed by atoms with E-state index in [1.165, 1.54) is 0 Å². The minimum absolute atomic E-state index is 0.0834. The average molecular weight is 431 g/mol. The molecule has 4 aromatic rings. The molecule has 0 unspecified atom stereocenters. The fraction of sp³-hybridized carbons (Fsp3) is 0.348. The molecule has 1 saturated heterocycles. The van der Waals surface area contributed by atoms with Gasteiger partial charge in [-0.15, -0.1) is 0 Å². The number of rotatable bonds is 5. The second-order valence-electron chi connectivity index (χ2n) is 8.16. The van der Waals surface area contributed by atoms with Crippen molar-refractivity contribution >= 4 is 11.5 Å². The summed E-state index contributed by atoms with van der Waals surface area (Å²) in [6, 6.07) is 11.3. The molecule has 0 atom stereocenters. The van der Waals surface area contributed by atoms with Crippen LogP contribution in [-0.2, 0) is 6.54 Å². The number of anilines is 1. The first kappa shape index (κ1) is 20.3. The Morgan fingerprint density at radius 3 is 2.56 bits per heavy atom. The van der Waals surface area contributed by atoms with Gasteiger partial charge < -0.3 is 4.90 Å². The number of nitrogens with zero attached hydrogens (tertiary/aromatic N) is 8. The molecule has 0 bridgehead atoms. The highest BCUT2D eigenvalue weighted by Crippen LogP contribution is 2.20. The fourth-order valence-corrected chi connectivity index (χ4v) is 4.13. The van der Waals surface area contributed by atoms with Crippen molar-refractivity contribution in [3.63, 3.8) is 0 Å². The van der Waals surface area contributed by atoms with Crippen LogP contribution >= 0.6 is 0 Å². The quantitative estimate of drug-likeness (QED) is 0.477. The molecule has 0 radical (unpaired) electrons. The van der Waals surface area contributed by atoms with Gasteiger partial charge in [-0.2, -0.15) is 14.7 Å². The van der Waals surface area contributed by atoms with E-state index in [1.54, 1.807) is 29.2 Å². The van der Waals surface area contributed by atoms with Crippen LogP contribution < -0.4 is 10.5 Å². The Kier molecular flexibility index (Phi) is 5.40. The lowest BCUT2D eigenvalue weighted by molar-refractivity contribution is 0.242. The van der Waals surface area contributed by atoms with Crippen LogP contribution in [0.4, 0.5) is 5.82 Å². The summed E-state index contributed by atoms with van der Waals surface area (Å²) < 4.78 is 3.49. The van der Waals surface area contributed by atoms with Gasteiger partial charge in [0.15, 0.2) is 5.65 Å². The Balaban J connectivity index is 1.24. The molecule has 9 nitrogen and oxygen atoms in total. The minimum atomic E-state index is -0.0834. The Labute approximate surface area is 186 Å². The van der Waals surface area contributed by atoms with Gasteiger partial charge >= 0.3 is 0 Å². The zero-order valence-corrected chi connectivity index (χ0v) is 18.3. The van der Waals surface area contributed by atoms with E-state index < -0.39 is 0 Å². The molecule has 0 amide bonds. The van der Waals surface area contributed by atoms with E-state index in [1.807, 2.05) is 36.6 Å². The van der Waals surface area contributed by atoms with Crippen molar-refractivity contribution in [2.75, 3.05) is 37.6 Å². The van der Waals surface area contributed by atoms with Crippen molar-refractivity contribution < 1.29 is 0 Å². The highest BCUT2D eigenvalue weighted by Gasteiger charge is 2.20. The average Bonchev–Trinajstić information content (AvgIpc) is 3.19. The zero-order valence-electron chi connectivity index (χ0n) is 18.3. The monoisotopic (exact) mass is 430 g/mol. The molecule has 4 aromatic heterocycles. The fourth-order valence-electron chi connectivity index (χ4n) is 4.13. The van der Waals surface area contributed by atoms with Crippen molar-refractivity contribution in [1.29, 1.82) is 0 Å². The van der Waals surface area contributed by atoms with E-state index in [-0.39, 0.29) is 5.56 Å². The molecular formula is C23H26N8O. The van der Waals surface area contributed by atoms with E-state index in [0.29, 0.717) is 6.54 Å². The summed E-state index contributed by atoms with van der Waals surface area (Å²) in [4.78, 5) is 25.8. The van der Waals surface area contributed by atoms with Crippen LogP contribution in [0, 0.1) is 13.8 Å². The van der Waals surface area contributed by atoms with Crippen molar-refractivity contribution in [3.8, 4) is 11.3 Å². The minimum Gasteiger partial charge on any atom is -0.354 e.